The zero-order valence-corrected chi connectivity index (χ0v) is 26.2. The Bertz CT molecular complexity index is 2260. The van der Waals surface area contributed by atoms with Crippen molar-refractivity contribution < 1.29 is 9.59 Å². The molecule has 0 radical (unpaired) electrons. The first-order valence-electron chi connectivity index (χ1n) is 14.9. The van der Waals surface area contributed by atoms with Gasteiger partial charge >= 0.3 is 0 Å². The third kappa shape index (κ3) is 5.82. The van der Waals surface area contributed by atoms with Gasteiger partial charge in [0.2, 0.25) is 5.82 Å². The summed E-state index contributed by atoms with van der Waals surface area (Å²) in [6.45, 7) is 1.70. The van der Waals surface area contributed by atoms with Crippen LogP contribution in [0.5, 0.6) is 0 Å². The Balaban J connectivity index is 1.07. The summed E-state index contributed by atoms with van der Waals surface area (Å²) < 4.78 is 5.03. The van der Waals surface area contributed by atoms with Gasteiger partial charge in [0.25, 0.3) is 11.8 Å². The lowest BCUT2D eigenvalue weighted by molar-refractivity contribution is 0.0999. The van der Waals surface area contributed by atoms with Crippen LogP contribution in [0.2, 0.25) is 0 Å². The van der Waals surface area contributed by atoms with Gasteiger partial charge in [-0.1, -0.05) is 0 Å². The number of amides is 2. The summed E-state index contributed by atoms with van der Waals surface area (Å²) in [7, 11) is 7.21. The van der Waals surface area contributed by atoms with E-state index in [9.17, 15) is 9.59 Å². The predicted molar refractivity (Wildman–Crippen MR) is 180 cm³/mol. The van der Waals surface area contributed by atoms with Crippen molar-refractivity contribution in [3.8, 4) is 22.9 Å². The molecule has 0 spiro atoms. The van der Waals surface area contributed by atoms with Crippen molar-refractivity contribution in [1.29, 1.82) is 0 Å². The van der Waals surface area contributed by atoms with Crippen LogP contribution in [0.1, 0.15) is 21.2 Å². The fourth-order valence-electron chi connectivity index (χ4n) is 5.41. The molecule has 5 heterocycles. The number of H-pyrrole nitrogens is 2. The summed E-state index contributed by atoms with van der Waals surface area (Å²) >= 11 is 0. The summed E-state index contributed by atoms with van der Waals surface area (Å²) in [4.78, 5) is 50.5. The van der Waals surface area contributed by atoms with Crippen LogP contribution >= 0.6 is 0 Å². The molecule has 0 saturated heterocycles. The number of nitrogens with zero attached hydrogens (tertiary/aromatic N) is 7. The number of rotatable bonds is 10. The highest BCUT2D eigenvalue weighted by Gasteiger charge is 2.19. The van der Waals surface area contributed by atoms with E-state index < -0.39 is 11.8 Å². The molecule has 238 valence electrons. The van der Waals surface area contributed by atoms with E-state index in [1.165, 1.54) is 6.20 Å². The number of aryl methyl sites for hydroxylation is 3. The molecule has 0 aliphatic heterocycles. The molecule has 0 saturated carbocycles. The highest BCUT2D eigenvalue weighted by atomic mass is 16.2. The minimum absolute atomic E-state index is 0.133. The predicted octanol–water partition coefficient (Wildman–Crippen LogP) is 3.71. The Labute approximate surface area is 268 Å². The molecule has 2 aromatic carbocycles. The summed E-state index contributed by atoms with van der Waals surface area (Å²) in [5.74, 6) is 1.18. The van der Waals surface area contributed by atoms with Crippen molar-refractivity contribution in [2.75, 3.05) is 36.1 Å². The van der Waals surface area contributed by atoms with Crippen LogP contribution in [0, 0.1) is 0 Å². The van der Waals surface area contributed by atoms with E-state index in [1.807, 2.05) is 61.1 Å². The van der Waals surface area contributed by atoms with E-state index >= 15 is 0 Å². The number of anilines is 3. The van der Waals surface area contributed by atoms with Gasteiger partial charge in [-0.3, -0.25) is 9.59 Å². The number of imidazole rings is 4. The maximum Gasteiger partial charge on any atom is 0.292 e. The van der Waals surface area contributed by atoms with Crippen molar-refractivity contribution in [2.45, 2.75) is 0 Å². The van der Waals surface area contributed by atoms with Crippen LogP contribution in [0.15, 0.2) is 67.3 Å². The van der Waals surface area contributed by atoms with Gasteiger partial charge < -0.3 is 44.9 Å². The number of hydrogen-bond donors (Lipinski definition) is 6. The SMILES string of the molecule is CNCCNc1ccc2[nH]c(-c3ccc4nc(-c5cc(NC(=O)c6nc(NC(=O)c7nccn7C)cn6C)cn5C)[nH]c4c3)nc2c1. The molecule has 0 unspecified atom stereocenters. The number of nitrogens with one attached hydrogen (secondary N) is 6. The van der Waals surface area contributed by atoms with Gasteiger partial charge in [0.15, 0.2) is 17.5 Å². The van der Waals surface area contributed by atoms with Gasteiger partial charge in [0, 0.05) is 70.3 Å². The van der Waals surface area contributed by atoms with E-state index in [2.05, 4.69) is 41.2 Å². The standard InChI is InChI=1S/C32H33N13O2/c1-33-9-10-34-19-6-8-22-24(14-19)39-27(37-22)18-5-7-21-23(13-18)40-28(38-21)25-15-20(16-44(25)3)36-32(47)30-41-26(17-45(30)4)42-31(46)29-35-11-12-43(29)2/h5-8,11-17,33-34H,9-10H2,1-4H3,(H,36,47)(H,37,39)(H,38,40)(H,42,46). The van der Waals surface area contributed by atoms with Crippen molar-refractivity contribution in [3.05, 3.63) is 78.9 Å². The van der Waals surface area contributed by atoms with E-state index in [4.69, 9.17) is 9.97 Å². The van der Waals surface area contributed by atoms with Crippen LogP contribution in [0.4, 0.5) is 17.2 Å². The molecular weight excluding hydrogens is 598 g/mol. The highest BCUT2D eigenvalue weighted by Crippen LogP contribution is 2.29. The fourth-order valence-corrected chi connectivity index (χ4v) is 5.41. The molecule has 5 aromatic heterocycles. The largest absolute Gasteiger partial charge is 0.384 e. The van der Waals surface area contributed by atoms with Crippen molar-refractivity contribution in [3.63, 3.8) is 0 Å². The zero-order chi connectivity index (χ0) is 32.7. The first-order chi connectivity index (χ1) is 22.7. The van der Waals surface area contributed by atoms with Crippen LogP contribution in [-0.4, -0.2) is 75.6 Å². The second-order valence-electron chi connectivity index (χ2n) is 11.2. The summed E-state index contributed by atoms with van der Waals surface area (Å²) in [6.07, 6.45) is 6.58. The minimum atomic E-state index is -0.428. The average Bonchev–Trinajstić information content (AvgIpc) is 3.87. The van der Waals surface area contributed by atoms with E-state index in [1.54, 1.807) is 41.8 Å². The Morgan fingerprint density at radius 1 is 0.745 bits per heavy atom. The highest BCUT2D eigenvalue weighted by molar-refractivity contribution is 6.04. The lowest BCUT2D eigenvalue weighted by Gasteiger charge is -2.04. The third-order valence-electron chi connectivity index (χ3n) is 7.79. The zero-order valence-electron chi connectivity index (χ0n) is 26.2. The molecule has 15 nitrogen and oxygen atoms in total. The molecule has 0 bridgehead atoms. The van der Waals surface area contributed by atoms with Gasteiger partial charge in [0.1, 0.15) is 5.82 Å². The van der Waals surface area contributed by atoms with Crippen LogP contribution < -0.4 is 21.3 Å². The number of fused-ring (bicyclic) bond motifs is 2. The second kappa shape index (κ2) is 11.9. The van der Waals surface area contributed by atoms with Crippen molar-refractivity contribution in [1.82, 2.24) is 48.9 Å². The lowest BCUT2D eigenvalue weighted by atomic mass is 10.2. The molecule has 0 aliphatic rings. The summed E-state index contributed by atoms with van der Waals surface area (Å²) in [5, 5.41) is 12.1. The minimum Gasteiger partial charge on any atom is -0.384 e. The van der Waals surface area contributed by atoms with Gasteiger partial charge in [-0.25, -0.2) is 19.9 Å². The average molecular weight is 632 g/mol. The number of carbonyl (C=O) groups is 2. The molecule has 47 heavy (non-hydrogen) atoms. The number of aromatic nitrogens is 9. The van der Waals surface area contributed by atoms with E-state index in [0.717, 1.165) is 57.9 Å². The van der Waals surface area contributed by atoms with Gasteiger partial charge in [-0.05, 0) is 49.5 Å². The van der Waals surface area contributed by atoms with E-state index in [-0.39, 0.29) is 17.5 Å². The molecule has 6 N–H and O–H groups in total. The Morgan fingerprint density at radius 2 is 1.55 bits per heavy atom. The van der Waals surface area contributed by atoms with Crippen molar-refractivity contribution in [2.24, 2.45) is 21.1 Å². The van der Waals surface area contributed by atoms with Crippen molar-refractivity contribution >= 4 is 51.1 Å². The number of carbonyl (C=O) groups excluding carboxylic acids is 2. The van der Waals surface area contributed by atoms with Gasteiger partial charge in [0.05, 0.1) is 33.4 Å². The monoisotopic (exact) mass is 631 g/mol. The van der Waals surface area contributed by atoms with Gasteiger partial charge in [-0.15, -0.1) is 0 Å². The molecular formula is C32H33N13O2. The molecule has 7 rings (SSSR count). The Kier molecular flexibility index (Phi) is 7.49. The molecule has 0 fully saturated rings. The molecule has 2 amide bonds. The molecule has 0 atom stereocenters. The second-order valence-corrected chi connectivity index (χ2v) is 11.2. The first-order valence-corrected chi connectivity index (χ1v) is 14.9. The number of benzene rings is 2. The van der Waals surface area contributed by atoms with Gasteiger partial charge in [-0.2, -0.15) is 0 Å². The third-order valence-corrected chi connectivity index (χ3v) is 7.79. The quantitative estimate of drug-likeness (QED) is 0.124. The Hall–Kier alpha value is -6.22. The molecule has 0 aliphatic carbocycles. The van der Waals surface area contributed by atoms with Crippen LogP contribution in [0.3, 0.4) is 0 Å². The maximum atomic E-state index is 13.2. The fraction of sp³-hybridized carbons (Fsp3) is 0.188. The summed E-state index contributed by atoms with van der Waals surface area (Å²) in [5.41, 5.74) is 6.79. The summed E-state index contributed by atoms with van der Waals surface area (Å²) in [6, 6.07) is 13.9. The topological polar surface area (TPSA) is 180 Å². The first kappa shape index (κ1) is 29.5. The maximum absolute atomic E-state index is 13.2. The number of hydrogen-bond acceptors (Lipinski definition) is 8. The van der Waals surface area contributed by atoms with Crippen LogP contribution in [-0.2, 0) is 21.1 Å². The number of likely N-dealkylation sites (N-methyl/N-ethyl adjacent to an activating group) is 1. The van der Waals surface area contributed by atoms with E-state index in [0.29, 0.717) is 11.5 Å². The normalized spacial score (nSPS) is 11.4. The smallest absolute Gasteiger partial charge is 0.292 e. The number of aromatic amines is 2. The molecule has 15 heteroatoms. The Morgan fingerprint density at radius 3 is 2.36 bits per heavy atom. The van der Waals surface area contributed by atoms with Crippen LogP contribution in [0.25, 0.3) is 45.0 Å². The lowest BCUT2D eigenvalue weighted by Crippen LogP contribution is -2.18. The molecule has 7 aromatic rings.